The highest BCUT2D eigenvalue weighted by atomic mass is 16.5. The summed E-state index contributed by atoms with van der Waals surface area (Å²) in [6, 6.07) is 0. The van der Waals surface area contributed by atoms with Gasteiger partial charge in [0.05, 0.1) is 0 Å². The highest BCUT2D eigenvalue weighted by molar-refractivity contribution is 5.89. The van der Waals surface area contributed by atoms with E-state index in [0.29, 0.717) is 0 Å². The smallest absolute Gasteiger partial charge is 0.345 e. The summed E-state index contributed by atoms with van der Waals surface area (Å²) in [4.78, 5) is 31.3. The van der Waals surface area contributed by atoms with Gasteiger partial charge in [-0.05, 0) is 0 Å². The number of aromatic carboxylic acids is 1. The Morgan fingerprint density at radius 3 is 2.46 bits per heavy atom. The molecule has 0 bridgehead atoms. The summed E-state index contributed by atoms with van der Waals surface area (Å²) in [5.41, 5.74) is -1.61. The van der Waals surface area contributed by atoms with E-state index in [1.54, 1.807) is 5.16 Å². The molecule has 1 aromatic heterocycles. The Morgan fingerprint density at radius 2 is 2.00 bits per heavy atom. The van der Waals surface area contributed by atoms with Gasteiger partial charge >= 0.3 is 11.9 Å². The predicted molar refractivity (Wildman–Crippen MR) is 37.6 cm³/mol. The number of aromatic amines is 1. The first kappa shape index (κ1) is 9.04. The molecule has 0 spiro atoms. The number of hydrogen-bond donors (Lipinski definition) is 3. The molecule has 0 saturated carbocycles. The number of nitrogens with one attached hydrogen (secondary N) is 1. The SMILES string of the molecule is O=C(O)Cc1o[nH]c(=O)c1C(=O)O. The van der Waals surface area contributed by atoms with Gasteiger partial charge in [-0.1, -0.05) is 0 Å². The number of carbonyl (C=O) groups is 2. The van der Waals surface area contributed by atoms with Crippen molar-refractivity contribution in [3.05, 3.63) is 21.7 Å². The van der Waals surface area contributed by atoms with Crippen LogP contribution in [0.3, 0.4) is 0 Å². The molecule has 3 N–H and O–H groups in total. The van der Waals surface area contributed by atoms with Crippen LogP contribution in [-0.4, -0.2) is 27.3 Å². The molecule has 0 aliphatic heterocycles. The third-order valence-electron chi connectivity index (χ3n) is 1.30. The third-order valence-corrected chi connectivity index (χ3v) is 1.30. The fourth-order valence-corrected chi connectivity index (χ4v) is 0.815. The second kappa shape index (κ2) is 3.13. The number of H-pyrrole nitrogens is 1. The minimum atomic E-state index is -1.51. The minimum Gasteiger partial charge on any atom is -0.481 e. The molecule has 0 fully saturated rings. The quantitative estimate of drug-likeness (QED) is 0.574. The van der Waals surface area contributed by atoms with Gasteiger partial charge in [-0.15, -0.1) is 0 Å². The van der Waals surface area contributed by atoms with Gasteiger partial charge in [0.15, 0.2) is 11.3 Å². The average Bonchev–Trinajstić information content (AvgIpc) is 2.30. The fourth-order valence-electron chi connectivity index (χ4n) is 0.815. The zero-order chi connectivity index (χ0) is 10.0. The lowest BCUT2D eigenvalue weighted by atomic mass is 10.2. The molecule has 0 amide bonds. The molecule has 0 saturated heterocycles. The summed E-state index contributed by atoms with van der Waals surface area (Å²) in [5, 5.41) is 18.5. The lowest BCUT2D eigenvalue weighted by Gasteiger charge is -1.89. The first-order chi connectivity index (χ1) is 6.02. The molecule has 1 heterocycles. The van der Waals surface area contributed by atoms with Crippen LogP contribution in [0.1, 0.15) is 16.1 Å². The molecule has 7 nitrogen and oxygen atoms in total. The Hall–Kier alpha value is -2.05. The van der Waals surface area contributed by atoms with Gasteiger partial charge < -0.3 is 14.7 Å². The van der Waals surface area contributed by atoms with Crippen LogP contribution in [0.5, 0.6) is 0 Å². The summed E-state index contributed by atoms with van der Waals surface area (Å²) in [7, 11) is 0. The van der Waals surface area contributed by atoms with Crippen molar-refractivity contribution in [3.8, 4) is 0 Å². The molecule has 0 aromatic carbocycles. The van der Waals surface area contributed by atoms with E-state index >= 15 is 0 Å². The number of aliphatic carboxylic acids is 1. The van der Waals surface area contributed by atoms with Crippen LogP contribution in [0, 0.1) is 0 Å². The van der Waals surface area contributed by atoms with E-state index in [9.17, 15) is 14.4 Å². The zero-order valence-corrected chi connectivity index (χ0v) is 6.23. The molecule has 0 unspecified atom stereocenters. The topological polar surface area (TPSA) is 121 Å². The lowest BCUT2D eigenvalue weighted by molar-refractivity contribution is -0.136. The van der Waals surface area contributed by atoms with E-state index in [1.807, 2.05) is 0 Å². The fraction of sp³-hybridized carbons (Fsp3) is 0.167. The summed E-state index contributed by atoms with van der Waals surface area (Å²) in [5.74, 6) is -3.17. The van der Waals surface area contributed by atoms with E-state index < -0.39 is 29.5 Å². The number of carboxylic acids is 2. The van der Waals surface area contributed by atoms with Gasteiger partial charge in [0.25, 0.3) is 5.56 Å². The monoisotopic (exact) mass is 187 g/mol. The van der Waals surface area contributed by atoms with Gasteiger partial charge in [-0.3, -0.25) is 9.59 Å². The molecule has 1 rings (SSSR count). The summed E-state index contributed by atoms with van der Waals surface area (Å²) < 4.78 is 4.37. The first-order valence-electron chi connectivity index (χ1n) is 3.17. The van der Waals surface area contributed by atoms with Crippen molar-refractivity contribution in [1.82, 2.24) is 5.16 Å². The Bertz CT molecular complexity index is 400. The molecule has 70 valence electrons. The highest BCUT2D eigenvalue weighted by Gasteiger charge is 2.21. The maximum atomic E-state index is 10.7. The van der Waals surface area contributed by atoms with Crippen molar-refractivity contribution in [2.24, 2.45) is 0 Å². The van der Waals surface area contributed by atoms with Crippen molar-refractivity contribution in [2.75, 3.05) is 0 Å². The summed E-state index contributed by atoms with van der Waals surface area (Å²) in [6.45, 7) is 0. The van der Waals surface area contributed by atoms with E-state index in [4.69, 9.17) is 10.2 Å². The molecule has 1 aromatic rings. The molecular weight excluding hydrogens is 182 g/mol. The molecule has 0 atom stereocenters. The molecule has 0 aliphatic carbocycles. The normalized spacial score (nSPS) is 9.85. The van der Waals surface area contributed by atoms with Gasteiger partial charge in [0, 0.05) is 0 Å². The van der Waals surface area contributed by atoms with E-state index in [-0.39, 0.29) is 5.76 Å². The van der Waals surface area contributed by atoms with Gasteiger partial charge in [-0.2, -0.15) is 5.16 Å². The van der Waals surface area contributed by atoms with E-state index in [0.717, 1.165) is 0 Å². The number of carboxylic acid groups (broad SMARTS) is 2. The number of hydrogen-bond acceptors (Lipinski definition) is 4. The van der Waals surface area contributed by atoms with Crippen LogP contribution in [0.2, 0.25) is 0 Å². The lowest BCUT2D eigenvalue weighted by Crippen LogP contribution is -2.14. The standard InChI is InChI=1S/C6H5NO6/c8-3(9)1-2-4(6(11)12)5(10)7-13-2/h1H2,(H,7,10)(H,8,9)(H,11,12). The molecular formula is C6H5NO6. The van der Waals surface area contributed by atoms with E-state index in [2.05, 4.69) is 4.52 Å². The van der Waals surface area contributed by atoms with Crippen LogP contribution < -0.4 is 5.56 Å². The second-order valence-electron chi connectivity index (χ2n) is 2.21. The molecule has 7 heteroatoms. The van der Waals surface area contributed by atoms with E-state index in [1.165, 1.54) is 0 Å². The van der Waals surface area contributed by atoms with Gasteiger partial charge in [-0.25, -0.2) is 4.79 Å². The molecule has 0 radical (unpaired) electrons. The Labute approximate surface area is 70.6 Å². The van der Waals surface area contributed by atoms with Crippen LogP contribution in [0.4, 0.5) is 0 Å². The molecule has 0 aliphatic rings. The number of aromatic nitrogens is 1. The van der Waals surface area contributed by atoms with Crippen LogP contribution in [0.15, 0.2) is 9.32 Å². The average molecular weight is 187 g/mol. The zero-order valence-electron chi connectivity index (χ0n) is 6.23. The van der Waals surface area contributed by atoms with Crippen molar-refractivity contribution in [2.45, 2.75) is 6.42 Å². The van der Waals surface area contributed by atoms with Crippen LogP contribution in [-0.2, 0) is 11.2 Å². The van der Waals surface area contributed by atoms with Crippen molar-refractivity contribution >= 4 is 11.9 Å². The summed E-state index contributed by atoms with van der Waals surface area (Å²) >= 11 is 0. The minimum absolute atomic E-state index is 0.384. The Morgan fingerprint density at radius 1 is 1.38 bits per heavy atom. The third kappa shape index (κ3) is 1.75. The Balaban J connectivity index is 3.15. The summed E-state index contributed by atoms with van der Waals surface area (Å²) in [6.07, 6.45) is -0.639. The second-order valence-corrected chi connectivity index (χ2v) is 2.21. The van der Waals surface area contributed by atoms with Gasteiger partial charge in [0.2, 0.25) is 0 Å². The highest BCUT2D eigenvalue weighted by Crippen LogP contribution is 2.03. The van der Waals surface area contributed by atoms with Crippen LogP contribution >= 0.6 is 0 Å². The maximum Gasteiger partial charge on any atom is 0.345 e. The Kier molecular flexibility index (Phi) is 2.18. The molecule has 13 heavy (non-hydrogen) atoms. The largest absolute Gasteiger partial charge is 0.481 e. The van der Waals surface area contributed by atoms with Crippen molar-refractivity contribution in [1.29, 1.82) is 0 Å². The van der Waals surface area contributed by atoms with Gasteiger partial charge in [0.1, 0.15) is 6.42 Å². The number of rotatable bonds is 3. The van der Waals surface area contributed by atoms with Crippen molar-refractivity contribution < 1.29 is 24.3 Å². The van der Waals surface area contributed by atoms with Crippen LogP contribution in [0.25, 0.3) is 0 Å². The predicted octanol–water partition coefficient (Wildman–Crippen LogP) is -0.707. The first-order valence-corrected chi connectivity index (χ1v) is 3.17. The maximum absolute atomic E-state index is 10.7. The van der Waals surface area contributed by atoms with Crippen molar-refractivity contribution in [3.63, 3.8) is 0 Å².